The molecule has 1 aliphatic heterocycles. The highest BCUT2D eigenvalue weighted by atomic mass is 19.3. The molecule has 1 atom stereocenters. The molecule has 1 aliphatic rings. The van der Waals surface area contributed by atoms with E-state index in [-0.39, 0.29) is 11.7 Å². The minimum Gasteiger partial charge on any atom is -0.459 e. The molecule has 1 fully saturated rings. The van der Waals surface area contributed by atoms with Gasteiger partial charge in [-0.05, 0) is 13.0 Å². The molecule has 6 nitrogen and oxygen atoms in total. The summed E-state index contributed by atoms with van der Waals surface area (Å²) in [5, 5.41) is 3.71. The highest BCUT2D eigenvalue weighted by molar-refractivity contribution is 5.93. The third kappa shape index (κ3) is 2.49. The molecule has 1 saturated heterocycles. The molecule has 0 aromatic carbocycles. The highest BCUT2D eigenvalue weighted by Gasteiger charge is 2.50. The van der Waals surface area contributed by atoms with Crippen LogP contribution in [-0.4, -0.2) is 33.4 Å². The van der Waals surface area contributed by atoms with Gasteiger partial charge < -0.3 is 13.8 Å². The lowest BCUT2D eigenvalue weighted by Crippen LogP contribution is -2.33. The summed E-state index contributed by atoms with van der Waals surface area (Å²) in [4.78, 5) is 17.6. The van der Waals surface area contributed by atoms with Crippen LogP contribution in [0.4, 0.5) is 8.78 Å². The molecular weight excluding hydrogens is 296 g/mol. The van der Waals surface area contributed by atoms with Gasteiger partial charge in [-0.15, -0.1) is 0 Å². The Labute approximate surface area is 125 Å². The summed E-state index contributed by atoms with van der Waals surface area (Å²) < 4.78 is 37.8. The Kier molecular flexibility index (Phi) is 3.46. The van der Waals surface area contributed by atoms with Crippen LogP contribution in [0, 0.1) is 6.92 Å². The van der Waals surface area contributed by atoms with Crippen LogP contribution in [-0.2, 0) is 6.42 Å². The molecule has 0 saturated carbocycles. The quantitative estimate of drug-likeness (QED) is 0.871. The van der Waals surface area contributed by atoms with Gasteiger partial charge in [0.2, 0.25) is 5.89 Å². The average molecular weight is 311 g/mol. The van der Waals surface area contributed by atoms with Gasteiger partial charge in [0.1, 0.15) is 6.04 Å². The topological polar surface area (TPSA) is 72.4 Å². The lowest BCUT2D eigenvalue weighted by Gasteiger charge is -2.20. The Balaban J connectivity index is 1.93. The summed E-state index contributed by atoms with van der Waals surface area (Å²) >= 11 is 0. The van der Waals surface area contributed by atoms with Crippen LogP contribution in [0.5, 0.6) is 0 Å². The van der Waals surface area contributed by atoms with Crippen LogP contribution in [0.3, 0.4) is 0 Å². The number of alkyl halides is 2. The molecule has 8 heteroatoms. The number of aromatic nitrogens is 2. The SMILES string of the molecule is CCc1noc([C@@H]2CC(F)(F)CN2C(=O)c2occc2C)n1. The first kappa shape index (κ1) is 14.7. The normalized spacial score (nSPS) is 20.5. The Hall–Kier alpha value is -2.25. The monoisotopic (exact) mass is 311 g/mol. The zero-order valence-electron chi connectivity index (χ0n) is 12.2. The number of hydrogen-bond acceptors (Lipinski definition) is 5. The number of carbonyl (C=O) groups is 1. The molecule has 0 spiro atoms. The molecule has 22 heavy (non-hydrogen) atoms. The smallest absolute Gasteiger partial charge is 0.290 e. The first-order valence-corrected chi connectivity index (χ1v) is 6.96. The summed E-state index contributed by atoms with van der Waals surface area (Å²) in [6.07, 6.45) is 1.34. The van der Waals surface area contributed by atoms with Crippen molar-refractivity contribution in [2.75, 3.05) is 6.54 Å². The number of furan rings is 1. The lowest BCUT2D eigenvalue weighted by atomic mass is 10.2. The maximum atomic E-state index is 13.8. The standard InChI is InChI=1S/C14H15F2N3O3/c1-3-10-17-12(22-18-10)9-6-14(15,16)7-19(9)13(20)11-8(2)4-5-21-11/h4-5,9H,3,6-7H2,1-2H3/t9-/m0/s1. The van der Waals surface area contributed by atoms with E-state index in [4.69, 9.17) is 8.94 Å². The van der Waals surface area contributed by atoms with E-state index in [9.17, 15) is 13.6 Å². The predicted molar refractivity (Wildman–Crippen MR) is 70.5 cm³/mol. The summed E-state index contributed by atoms with van der Waals surface area (Å²) in [7, 11) is 0. The van der Waals surface area contributed by atoms with Crippen molar-refractivity contribution in [3.63, 3.8) is 0 Å². The fraction of sp³-hybridized carbons (Fsp3) is 0.500. The molecule has 2 aromatic heterocycles. The summed E-state index contributed by atoms with van der Waals surface area (Å²) in [5.74, 6) is -3.08. The van der Waals surface area contributed by atoms with E-state index in [2.05, 4.69) is 10.1 Å². The zero-order valence-corrected chi connectivity index (χ0v) is 12.2. The van der Waals surface area contributed by atoms with Crippen LogP contribution in [0.1, 0.15) is 47.2 Å². The largest absolute Gasteiger partial charge is 0.459 e. The number of aryl methyl sites for hydroxylation is 2. The fourth-order valence-corrected chi connectivity index (χ4v) is 2.52. The van der Waals surface area contributed by atoms with Gasteiger partial charge in [0.15, 0.2) is 11.6 Å². The number of amides is 1. The van der Waals surface area contributed by atoms with E-state index in [1.807, 2.05) is 6.92 Å². The van der Waals surface area contributed by atoms with Crippen LogP contribution in [0.25, 0.3) is 0 Å². The second-order valence-corrected chi connectivity index (χ2v) is 5.34. The number of nitrogens with zero attached hydrogens (tertiary/aromatic N) is 3. The van der Waals surface area contributed by atoms with Crippen LogP contribution >= 0.6 is 0 Å². The number of hydrogen-bond donors (Lipinski definition) is 0. The second-order valence-electron chi connectivity index (χ2n) is 5.34. The molecule has 0 radical (unpaired) electrons. The predicted octanol–water partition coefficient (Wildman–Crippen LogP) is 2.76. The van der Waals surface area contributed by atoms with Gasteiger partial charge in [-0.25, -0.2) is 8.78 Å². The third-order valence-electron chi connectivity index (χ3n) is 3.67. The van der Waals surface area contributed by atoms with Crippen LogP contribution in [0.15, 0.2) is 21.3 Å². The Bertz CT molecular complexity index is 695. The molecule has 0 bridgehead atoms. The van der Waals surface area contributed by atoms with Gasteiger partial charge in [0, 0.05) is 18.4 Å². The summed E-state index contributed by atoms with van der Waals surface area (Å²) in [5.41, 5.74) is 0.596. The number of likely N-dealkylation sites (tertiary alicyclic amines) is 1. The van der Waals surface area contributed by atoms with E-state index < -0.39 is 30.8 Å². The van der Waals surface area contributed by atoms with Crippen molar-refractivity contribution >= 4 is 5.91 Å². The average Bonchev–Trinajstić information content (AvgIpc) is 3.15. The van der Waals surface area contributed by atoms with Gasteiger partial charge in [-0.3, -0.25) is 4.79 Å². The molecule has 118 valence electrons. The second kappa shape index (κ2) is 5.19. The summed E-state index contributed by atoms with van der Waals surface area (Å²) in [6.45, 7) is 2.81. The van der Waals surface area contributed by atoms with Gasteiger partial charge in [0.25, 0.3) is 11.8 Å². The molecular formula is C14H15F2N3O3. The lowest BCUT2D eigenvalue weighted by molar-refractivity contribution is 0.0113. The van der Waals surface area contributed by atoms with Gasteiger partial charge in [0.05, 0.1) is 12.8 Å². The molecule has 0 unspecified atom stereocenters. The molecule has 3 rings (SSSR count). The van der Waals surface area contributed by atoms with Gasteiger partial charge in [-0.2, -0.15) is 4.98 Å². The zero-order chi connectivity index (χ0) is 15.9. The molecule has 2 aromatic rings. The van der Waals surface area contributed by atoms with E-state index in [0.717, 1.165) is 4.90 Å². The molecule has 3 heterocycles. The third-order valence-corrected chi connectivity index (χ3v) is 3.67. The minimum absolute atomic E-state index is 0.0339. The van der Waals surface area contributed by atoms with Crippen LogP contribution in [0.2, 0.25) is 0 Å². The van der Waals surface area contributed by atoms with Crippen molar-refractivity contribution in [3.05, 3.63) is 35.4 Å². The van der Waals surface area contributed by atoms with Crippen molar-refractivity contribution < 1.29 is 22.5 Å². The molecule has 1 amide bonds. The van der Waals surface area contributed by atoms with Gasteiger partial charge in [-0.1, -0.05) is 12.1 Å². The maximum Gasteiger partial charge on any atom is 0.290 e. The Morgan fingerprint density at radius 2 is 2.32 bits per heavy atom. The molecule has 0 aliphatic carbocycles. The first-order valence-electron chi connectivity index (χ1n) is 6.96. The Morgan fingerprint density at radius 1 is 1.55 bits per heavy atom. The number of carbonyl (C=O) groups excluding carboxylic acids is 1. The number of rotatable bonds is 3. The van der Waals surface area contributed by atoms with Crippen LogP contribution < -0.4 is 0 Å². The van der Waals surface area contributed by atoms with Gasteiger partial charge >= 0.3 is 0 Å². The van der Waals surface area contributed by atoms with Crippen molar-refractivity contribution in [3.8, 4) is 0 Å². The van der Waals surface area contributed by atoms with E-state index in [0.29, 0.717) is 17.8 Å². The van der Waals surface area contributed by atoms with E-state index in [1.165, 1.54) is 6.26 Å². The van der Waals surface area contributed by atoms with E-state index >= 15 is 0 Å². The minimum atomic E-state index is -3.00. The van der Waals surface area contributed by atoms with Crippen molar-refractivity contribution in [2.24, 2.45) is 0 Å². The van der Waals surface area contributed by atoms with Crippen molar-refractivity contribution in [1.29, 1.82) is 0 Å². The summed E-state index contributed by atoms with van der Waals surface area (Å²) in [6, 6.07) is 0.665. The van der Waals surface area contributed by atoms with E-state index in [1.54, 1.807) is 13.0 Å². The Morgan fingerprint density at radius 3 is 2.91 bits per heavy atom. The number of halogens is 2. The van der Waals surface area contributed by atoms with Crippen molar-refractivity contribution in [2.45, 2.75) is 38.7 Å². The first-order chi connectivity index (χ1) is 10.4. The van der Waals surface area contributed by atoms with Crippen molar-refractivity contribution in [1.82, 2.24) is 15.0 Å². The highest BCUT2D eigenvalue weighted by Crippen LogP contribution is 2.41. The maximum absolute atomic E-state index is 13.8. The fourth-order valence-electron chi connectivity index (χ4n) is 2.52. The molecule has 0 N–H and O–H groups in total.